The maximum absolute atomic E-state index is 11.8. The number of hydrogen-bond acceptors (Lipinski definition) is 4. The third-order valence-corrected chi connectivity index (χ3v) is 3.30. The Hall–Kier alpha value is -2.53. The average molecular weight is 332 g/mol. The van der Waals surface area contributed by atoms with Crippen molar-refractivity contribution in [3.8, 4) is 5.75 Å². The Morgan fingerprint density at radius 2 is 2.04 bits per heavy atom. The molecule has 120 valence electrons. The highest BCUT2D eigenvalue weighted by atomic mass is 35.5. The van der Waals surface area contributed by atoms with E-state index in [0.29, 0.717) is 23.1 Å². The number of nitrogens with one attached hydrogen (secondary N) is 1. The molecule has 0 heterocycles. The lowest BCUT2D eigenvalue weighted by molar-refractivity contribution is -0.120. The summed E-state index contributed by atoms with van der Waals surface area (Å²) in [7, 11) is 0. The Morgan fingerprint density at radius 1 is 1.30 bits per heavy atom. The summed E-state index contributed by atoms with van der Waals surface area (Å²) < 4.78 is 5.35. The zero-order valence-corrected chi connectivity index (χ0v) is 13.5. The van der Waals surface area contributed by atoms with Gasteiger partial charge in [0.05, 0.1) is 24.3 Å². The van der Waals surface area contributed by atoms with E-state index in [2.05, 4.69) is 10.5 Å². The monoisotopic (exact) mass is 331 g/mol. The van der Waals surface area contributed by atoms with Crippen molar-refractivity contribution in [2.24, 2.45) is 5.10 Å². The molecule has 2 aromatic rings. The molecule has 0 aromatic heterocycles. The Kier molecular flexibility index (Phi) is 6.00. The number of halogens is 1. The number of hydrazone groups is 1. The van der Waals surface area contributed by atoms with Crippen molar-refractivity contribution >= 4 is 29.4 Å². The standard InChI is InChI=1S/C17H18ClN3O2/c1-2-23-16-8-5-13(9-15(16)18)11-20-21-17(22)10-12-3-6-14(19)7-4-12/h3-9,11H,2,10,19H2,1H3,(H,21,22)/b20-11-. The van der Waals surface area contributed by atoms with Gasteiger partial charge in [-0.05, 0) is 48.4 Å². The van der Waals surface area contributed by atoms with Crippen molar-refractivity contribution in [3.05, 3.63) is 58.6 Å². The van der Waals surface area contributed by atoms with E-state index >= 15 is 0 Å². The summed E-state index contributed by atoms with van der Waals surface area (Å²) in [6.45, 7) is 2.44. The van der Waals surface area contributed by atoms with Gasteiger partial charge in [0.15, 0.2) is 0 Å². The first-order chi connectivity index (χ1) is 11.1. The third kappa shape index (κ3) is 5.30. The van der Waals surface area contributed by atoms with E-state index in [1.807, 2.05) is 25.1 Å². The zero-order valence-electron chi connectivity index (χ0n) is 12.8. The van der Waals surface area contributed by atoms with Crippen molar-refractivity contribution in [1.29, 1.82) is 0 Å². The Bertz CT molecular complexity index is 699. The van der Waals surface area contributed by atoms with E-state index in [0.717, 1.165) is 11.1 Å². The molecule has 1 amide bonds. The molecule has 0 bridgehead atoms. The second kappa shape index (κ2) is 8.19. The number of nitrogens with zero attached hydrogens (tertiary/aromatic N) is 1. The summed E-state index contributed by atoms with van der Waals surface area (Å²) >= 11 is 6.09. The molecule has 2 aromatic carbocycles. The van der Waals surface area contributed by atoms with E-state index in [1.165, 1.54) is 6.21 Å². The predicted molar refractivity (Wildman–Crippen MR) is 92.9 cm³/mol. The van der Waals surface area contributed by atoms with Gasteiger partial charge in [-0.1, -0.05) is 23.7 Å². The topological polar surface area (TPSA) is 76.7 Å². The molecule has 0 fully saturated rings. The van der Waals surface area contributed by atoms with Crippen molar-refractivity contribution in [1.82, 2.24) is 5.43 Å². The lowest BCUT2D eigenvalue weighted by atomic mass is 10.1. The summed E-state index contributed by atoms with van der Waals surface area (Å²) in [5, 5.41) is 4.43. The first kappa shape index (κ1) is 16.8. The molecule has 0 unspecified atom stereocenters. The smallest absolute Gasteiger partial charge is 0.244 e. The van der Waals surface area contributed by atoms with Gasteiger partial charge >= 0.3 is 0 Å². The Labute approximate surface area is 140 Å². The van der Waals surface area contributed by atoms with Crippen LogP contribution in [0.15, 0.2) is 47.6 Å². The molecular formula is C17H18ClN3O2. The van der Waals surface area contributed by atoms with Crippen LogP contribution >= 0.6 is 11.6 Å². The zero-order chi connectivity index (χ0) is 16.7. The van der Waals surface area contributed by atoms with Crippen LogP contribution < -0.4 is 15.9 Å². The summed E-state index contributed by atoms with van der Waals surface area (Å²) in [5.74, 6) is 0.418. The van der Waals surface area contributed by atoms with Crippen LogP contribution in [-0.2, 0) is 11.2 Å². The van der Waals surface area contributed by atoms with E-state index in [-0.39, 0.29) is 12.3 Å². The number of rotatable bonds is 6. The molecule has 0 spiro atoms. The van der Waals surface area contributed by atoms with Gasteiger partial charge in [0, 0.05) is 5.69 Å². The van der Waals surface area contributed by atoms with Crippen LogP contribution in [0.2, 0.25) is 5.02 Å². The molecule has 5 nitrogen and oxygen atoms in total. The van der Waals surface area contributed by atoms with E-state index in [1.54, 1.807) is 24.3 Å². The minimum Gasteiger partial charge on any atom is -0.492 e. The van der Waals surface area contributed by atoms with E-state index in [4.69, 9.17) is 22.1 Å². The molecule has 23 heavy (non-hydrogen) atoms. The molecule has 3 N–H and O–H groups in total. The molecule has 0 aliphatic carbocycles. The fourth-order valence-corrected chi connectivity index (χ4v) is 2.15. The second-order valence-electron chi connectivity index (χ2n) is 4.83. The van der Waals surface area contributed by atoms with Crippen molar-refractivity contribution < 1.29 is 9.53 Å². The van der Waals surface area contributed by atoms with Gasteiger partial charge in [0.1, 0.15) is 5.75 Å². The highest BCUT2D eigenvalue weighted by Crippen LogP contribution is 2.24. The second-order valence-corrected chi connectivity index (χ2v) is 5.24. The van der Waals surface area contributed by atoms with Gasteiger partial charge < -0.3 is 10.5 Å². The Morgan fingerprint density at radius 3 is 2.70 bits per heavy atom. The van der Waals surface area contributed by atoms with Gasteiger partial charge in [-0.2, -0.15) is 5.10 Å². The van der Waals surface area contributed by atoms with Crippen LogP contribution in [0.25, 0.3) is 0 Å². The fraction of sp³-hybridized carbons (Fsp3) is 0.176. The molecule has 0 aliphatic rings. The fourth-order valence-electron chi connectivity index (χ4n) is 1.91. The third-order valence-electron chi connectivity index (χ3n) is 3.00. The van der Waals surface area contributed by atoms with Crippen molar-refractivity contribution in [2.45, 2.75) is 13.3 Å². The maximum Gasteiger partial charge on any atom is 0.244 e. The molecule has 0 aliphatic heterocycles. The number of nitrogen functional groups attached to an aromatic ring is 1. The van der Waals surface area contributed by atoms with Crippen LogP contribution in [0.3, 0.4) is 0 Å². The number of amides is 1. The molecule has 2 rings (SSSR count). The molecule has 0 saturated carbocycles. The van der Waals surface area contributed by atoms with E-state index < -0.39 is 0 Å². The molecule has 0 atom stereocenters. The quantitative estimate of drug-likeness (QED) is 0.485. The van der Waals surface area contributed by atoms with Crippen LogP contribution in [0.5, 0.6) is 5.75 Å². The summed E-state index contributed by atoms with van der Waals surface area (Å²) in [4.78, 5) is 11.8. The molecule has 0 radical (unpaired) electrons. The van der Waals surface area contributed by atoms with Crippen LogP contribution in [0.1, 0.15) is 18.1 Å². The first-order valence-corrected chi connectivity index (χ1v) is 7.55. The minimum atomic E-state index is -0.206. The molecule has 0 saturated heterocycles. The highest BCUT2D eigenvalue weighted by molar-refractivity contribution is 6.32. The number of carbonyl (C=O) groups excluding carboxylic acids is 1. The SMILES string of the molecule is CCOc1ccc(/C=N\NC(=O)Cc2ccc(N)cc2)cc1Cl. The molecule has 6 heteroatoms. The number of ether oxygens (including phenoxy) is 1. The largest absolute Gasteiger partial charge is 0.492 e. The number of hydrogen-bond donors (Lipinski definition) is 2. The maximum atomic E-state index is 11.8. The summed E-state index contributed by atoms with van der Waals surface area (Å²) in [5.41, 5.74) is 10.4. The number of anilines is 1. The highest BCUT2D eigenvalue weighted by Gasteiger charge is 2.03. The Balaban J connectivity index is 1.89. The van der Waals surface area contributed by atoms with Crippen molar-refractivity contribution in [3.63, 3.8) is 0 Å². The van der Waals surface area contributed by atoms with Gasteiger partial charge in [0.25, 0.3) is 0 Å². The van der Waals surface area contributed by atoms with Gasteiger partial charge in [-0.3, -0.25) is 4.79 Å². The van der Waals surface area contributed by atoms with Crippen LogP contribution in [0, 0.1) is 0 Å². The number of benzene rings is 2. The predicted octanol–water partition coefficient (Wildman–Crippen LogP) is 3.01. The van der Waals surface area contributed by atoms with Crippen molar-refractivity contribution in [2.75, 3.05) is 12.3 Å². The van der Waals surface area contributed by atoms with Crippen LogP contribution in [0.4, 0.5) is 5.69 Å². The van der Waals surface area contributed by atoms with Gasteiger partial charge in [-0.25, -0.2) is 5.43 Å². The minimum absolute atomic E-state index is 0.206. The van der Waals surface area contributed by atoms with E-state index in [9.17, 15) is 4.79 Å². The van der Waals surface area contributed by atoms with Gasteiger partial charge in [0.2, 0.25) is 5.91 Å². The lowest BCUT2D eigenvalue weighted by Crippen LogP contribution is -2.19. The van der Waals surface area contributed by atoms with Crippen LogP contribution in [-0.4, -0.2) is 18.7 Å². The average Bonchev–Trinajstić information content (AvgIpc) is 2.52. The van der Waals surface area contributed by atoms with Gasteiger partial charge in [-0.15, -0.1) is 0 Å². The summed E-state index contributed by atoms with van der Waals surface area (Å²) in [6.07, 6.45) is 1.77. The number of carbonyl (C=O) groups is 1. The number of nitrogens with two attached hydrogens (primary N) is 1. The lowest BCUT2D eigenvalue weighted by Gasteiger charge is -2.05. The summed E-state index contributed by atoms with van der Waals surface area (Å²) in [6, 6.07) is 12.4. The normalized spacial score (nSPS) is 10.7. The molecular weight excluding hydrogens is 314 g/mol. The first-order valence-electron chi connectivity index (χ1n) is 7.17.